The number of carbonyl (C=O) groups excluding carboxylic acids is 1. The Balaban J connectivity index is 1.96. The molecule has 2 rings (SSSR count). The lowest BCUT2D eigenvalue weighted by Gasteiger charge is -2.03. The highest BCUT2D eigenvalue weighted by atomic mass is 16.1. The molecule has 0 saturated heterocycles. The minimum absolute atomic E-state index is 0.0996. The minimum atomic E-state index is 0.0996. The van der Waals surface area contributed by atoms with Gasteiger partial charge in [-0.15, -0.1) is 0 Å². The highest BCUT2D eigenvalue weighted by molar-refractivity contribution is 5.76. The summed E-state index contributed by atoms with van der Waals surface area (Å²) < 4.78 is 0. The maximum atomic E-state index is 11.0. The highest BCUT2D eigenvalue weighted by Gasteiger charge is 1.99. The number of nitrogens with zero attached hydrogens (tertiary/aromatic N) is 1. The Hall–Kier alpha value is -1.84. The number of hydrogen-bond acceptors (Lipinski definition) is 2. The van der Waals surface area contributed by atoms with Crippen LogP contribution in [0, 0.1) is 0 Å². The van der Waals surface area contributed by atoms with Crippen LogP contribution >= 0.6 is 0 Å². The first kappa shape index (κ1) is 10.7. The minimum Gasteiger partial charge on any atom is -0.356 e. The molecule has 0 spiro atoms. The van der Waals surface area contributed by atoms with Crippen LogP contribution in [-0.4, -0.2) is 22.4 Å². The van der Waals surface area contributed by atoms with Gasteiger partial charge in [0.05, 0.1) is 17.4 Å². The van der Waals surface area contributed by atoms with Gasteiger partial charge in [-0.05, 0) is 24.1 Å². The van der Waals surface area contributed by atoms with Crippen molar-refractivity contribution in [2.24, 2.45) is 0 Å². The van der Waals surface area contributed by atoms with Gasteiger partial charge in [0.1, 0.15) is 0 Å². The van der Waals surface area contributed by atoms with E-state index in [2.05, 4.69) is 21.4 Å². The molecule has 2 N–H and O–H groups in total. The molecular weight excluding hydrogens is 202 g/mol. The lowest BCUT2D eigenvalue weighted by atomic mass is 10.1. The van der Waals surface area contributed by atoms with Crippen molar-refractivity contribution in [2.45, 2.75) is 19.8 Å². The molecule has 1 heterocycles. The van der Waals surface area contributed by atoms with E-state index in [1.54, 1.807) is 6.33 Å². The smallest absolute Gasteiger partial charge is 0.219 e. The fourth-order valence-corrected chi connectivity index (χ4v) is 1.61. The molecule has 16 heavy (non-hydrogen) atoms. The summed E-state index contributed by atoms with van der Waals surface area (Å²) in [4.78, 5) is 18.3. The summed E-state index contributed by atoms with van der Waals surface area (Å²) in [6.45, 7) is 2.54. The van der Waals surface area contributed by atoms with Gasteiger partial charge in [-0.3, -0.25) is 4.79 Å². The molecule has 4 heteroatoms. The molecule has 1 amide bonds. The van der Waals surface area contributed by atoms with Gasteiger partial charge in [-0.1, -0.05) is 13.0 Å². The van der Waals surface area contributed by atoms with Crippen LogP contribution in [0.4, 0.5) is 0 Å². The van der Waals surface area contributed by atoms with Gasteiger partial charge >= 0.3 is 0 Å². The Morgan fingerprint density at radius 1 is 1.50 bits per heavy atom. The number of H-pyrrole nitrogens is 1. The lowest BCUT2D eigenvalue weighted by molar-refractivity contribution is -0.120. The number of benzene rings is 1. The normalized spacial score (nSPS) is 10.6. The van der Waals surface area contributed by atoms with Crippen LogP contribution in [-0.2, 0) is 11.2 Å². The first-order chi connectivity index (χ1) is 7.79. The van der Waals surface area contributed by atoms with E-state index < -0.39 is 0 Å². The molecule has 1 aromatic carbocycles. The topological polar surface area (TPSA) is 57.8 Å². The number of fused-ring (bicyclic) bond motifs is 1. The van der Waals surface area contributed by atoms with Gasteiger partial charge in [0, 0.05) is 13.0 Å². The summed E-state index contributed by atoms with van der Waals surface area (Å²) in [6.07, 6.45) is 3.08. The largest absolute Gasteiger partial charge is 0.356 e. The SMILES string of the molecule is CCC(=O)NCCc1ccc2nc[nH]c2c1. The van der Waals surface area contributed by atoms with Crippen LogP contribution in [0.1, 0.15) is 18.9 Å². The van der Waals surface area contributed by atoms with E-state index in [0.717, 1.165) is 17.5 Å². The molecule has 2 aromatic rings. The fraction of sp³-hybridized carbons (Fsp3) is 0.333. The van der Waals surface area contributed by atoms with E-state index in [9.17, 15) is 4.79 Å². The number of hydrogen-bond donors (Lipinski definition) is 2. The Kier molecular flexibility index (Phi) is 3.19. The number of aromatic nitrogens is 2. The molecule has 0 aliphatic carbocycles. The highest BCUT2D eigenvalue weighted by Crippen LogP contribution is 2.11. The van der Waals surface area contributed by atoms with Crippen molar-refractivity contribution in [2.75, 3.05) is 6.54 Å². The average molecular weight is 217 g/mol. The third-order valence-corrected chi connectivity index (χ3v) is 2.54. The summed E-state index contributed by atoms with van der Waals surface area (Å²) in [5, 5.41) is 2.86. The number of nitrogens with one attached hydrogen (secondary N) is 2. The maximum Gasteiger partial charge on any atom is 0.219 e. The van der Waals surface area contributed by atoms with Gasteiger partial charge < -0.3 is 10.3 Å². The Labute approximate surface area is 94.1 Å². The van der Waals surface area contributed by atoms with Crippen LogP contribution in [0.3, 0.4) is 0 Å². The van der Waals surface area contributed by atoms with Crippen LogP contribution in [0.2, 0.25) is 0 Å². The summed E-state index contributed by atoms with van der Waals surface area (Å²) in [5.41, 5.74) is 3.22. The van der Waals surface area contributed by atoms with Gasteiger partial charge in [-0.2, -0.15) is 0 Å². The predicted molar refractivity (Wildman–Crippen MR) is 63.1 cm³/mol. The molecular formula is C12H15N3O. The van der Waals surface area contributed by atoms with Gasteiger partial charge in [0.15, 0.2) is 0 Å². The van der Waals surface area contributed by atoms with Crippen LogP contribution in [0.5, 0.6) is 0 Å². The first-order valence-electron chi connectivity index (χ1n) is 5.48. The molecule has 4 nitrogen and oxygen atoms in total. The van der Waals surface area contributed by atoms with E-state index in [4.69, 9.17) is 0 Å². The fourth-order valence-electron chi connectivity index (χ4n) is 1.61. The van der Waals surface area contributed by atoms with Gasteiger partial charge in [0.2, 0.25) is 5.91 Å². The predicted octanol–water partition coefficient (Wildman–Crippen LogP) is 1.63. The second-order valence-corrected chi connectivity index (χ2v) is 3.71. The monoisotopic (exact) mass is 217 g/mol. The molecule has 0 aliphatic rings. The zero-order chi connectivity index (χ0) is 11.4. The molecule has 0 fully saturated rings. The van der Waals surface area contributed by atoms with Crippen LogP contribution < -0.4 is 5.32 Å². The zero-order valence-corrected chi connectivity index (χ0v) is 9.29. The van der Waals surface area contributed by atoms with Gasteiger partial charge in [0.25, 0.3) is 0 Å². The van der Waals surface area contributed by atoms with Crippen LogP contribution in [0.25, 0.3) is 11.0 Å². The number of imidazole rings is 1. The number of rotatable bonds is 4. The molecule has 84 valence electrons. The Morgan fingerprint density at radius 3 is 3.19 bits per heavy atom. The Morgan fingerprint density at radius 2 is 2.38 bits per heavy atom. The van der Waals surface area contributed by atoms with Crippen molar-refractivity contribution in [3.05, 3.63) is 30.1 Å². The second kappa shape index (κ2) is 4.79. The van der Waals surface area contributed by atoms with Crippen molar-refractivity contribution in [1.29, 1.82) is 0 Å². The maximum absolute atomic E-state index is 11.0. The molecule has 0 aliphatic heterocycles. The number of carbonyl (C=O) groups is 1. The Bertz CT molecular complexity index is 490. The van der Waals surface area contributed by atoms with Crippen molar-refractivity contribution < 1.29 is 4.79 Å². The number of amides is 1. The standard InChI is InChI=1S/C12H15N3O/c1-2-12(16)13-6-5-9-3-4-10-11(7-9)15-8-14-10/h3-4,7-8H,2,5-6H2,1H3,(H,13,16)(H,14,15). The van der Waals surface area contributed by atoms with E-state index >= 15 is 0 Å². The van der Waals surface area contributed by atoms with Crippen molar-refractivity contribution in [3.63, 3.8) is 0 Å². The average Bonchev–Trinajstić information content (AvgIpc) is 2.76. The van der Waals surface area contributed by atoms with Crippen molar-refractivity contribution in [1.82, 2.24) is 15.3 Å². The van der Waals surface area contributed by atoms with E-state index in [0.29, 0.717) is 13.0 Å². The zero-order valence-electron chi connectivity index (χ0n) is 9.29. The number of aromatic amines is 1. The van der Waals surface area contributed by atoms with Crippen molar-refractivity contribution in [3.8, 4) is 0 Å². The lowest BCUT2D eigenvalue weighted by Crippen LogP contribution is -2.24. The third-order valence-electron chi connectivity index (χ3n) is 2.54. The second-order valence-electron chi connectivity index (χ2n) is 3.71. The summed E-state index contributed by atoms with van der Waals surface area (Å²) in [6, 6.07) is 6.10. The van der Waals surface area contributed by atoms with Gasteiger partial charge in [-0.25, -0.2) is 4.98 Å². The van der Waals surface area contributed by atoms with E-state index in [1.165, 1.54) is 5.56 Å². The third kappa shape index (κ3) is 2.39. The summed E-state index contributed by atoms with van der Waals surface area (Å²) >= 11 is 0. The molecule has 0 saturated carbocycles. The molecule has 0 radical (unpaired) electrons. The van der Waals surface area contributed by atoms with Crippen molar-refractivity contribution >= 4 is 16.9 Å². The first-order valence-corrected chi connectivity index (χ1v) is 5.48. The van der Waals surface area contributed by atoms with Crippen LogP contribution in [0.15, 0.2) is 24.5 Å². The summed E-state index contributed by atoms with van der Waals surface area (Å²) in [5.74, 6) is 0.0996. The molecule has 0 bridgehead atoms. The molecule has 0 atom stereocenters. The quantitative estimate of drug-likeness (QED) is 0.817. The van der Waals surface area contributed by atoms with E-state index in [1.807, 2.05) is 19.1 Å². The molecule has 0 unspecified atom stereocenters. The summed E-state index contributed by atoms with van der Waals surface area (Å²) in [7, 11) is 0. The molecule has 1 aromatic heterocycles. The van der Waals surface area contributed by atoms with E-state index in [-0.39, 0.29) is 5.91 Å².